The van der Waals surface area contributed by atoms with Gasteiger partial charge in [0.25, 0.3) is 0 Å². The van der Waals surface area contributed by atoms with E-state index >= 15 is 0 Å². The standard InChI is InChI=1S/C9H20N2O/c1-8(2)11-5-6-12-7-9(11)3-4-10/h8-9H,3-7,10H2,1-2H3. The predicted molar refractivity (Wildman–Crippen MR) is 50.1 cm³/mol. The van der Waals surface area contributed by atoms with Gasteiger partial charge in [-0.3, -0.25) is 4.90 Å². The van der Waals surface area contributed by atoms with E-state index in [2.05, 4.69) is 18.7 Å². The Morgan fingerprint density at radius 1 is 1.58 bits per heavy atom. The summed E-state index contributed by atoms with van der Waals surface area (Å²) in [4.78, 5) is 2.48. The molecule has 0 radical (unpaired) electrons. The molecular weight excluding hydrogens is 152 g/mol. The first-order valence-electron chi connectivity index (χ1n) is 4.79. The average molecular weight is 172 g/mol. The number of nitrogens with zero attached hydrogens (tertiary/aromatic N) is 1. The summed E-state index contributed by atoms with van der Waals surface area (Å²) in [5.41, 5.74) is 5.54. The lowest BCUT2D eigenvalue weighted by Crippen LogP contribution is -2.49. The summed E-state index contributed by atoms with van der Waals surface area (Å²) in [7, 11) is 0. The van der Waals surface area contributed by atoms with Gasteiger partial charge in [0.05, 0.1) is 13.2 Å². The van der Waals surface area contributed by atoms with Crippen molar-refractivity contribution in [2.75, 3.05) is 26.3 Å². The lowest BCUT2D eigenvalue weighted by atomic mass is 10.1. The Balaban J connectivity index is 2.42. The van der Waals surface area contributed by atoms with Gasteiger partial charge in [0.15, 0.2) is 0 Å². The highest BCUT2D eigenvalue weighted by atomic mass is 16.5. The van der Waals surface area contributed by atoms with E-state index in [0.717, 1.165) is 32.7 Å². The summed E-state index contributed by atoms with van der Waals surface area (Å²) in [6.07, 6.45) is 1.05. The van der Waals surface area contributed by atoms with Crippen molar-refractivity contribution in [1.29, 1.82) is 0 Å². The van der Waals surface area contributed by atoms with Crippen LogP contribution < -0.4 is 5.73 Å². The van der Waals surface area contributed by atoms with Crippen LogP contribution in [-0.2, 0) is 4.74 Å². The molecule has 2 N–H and O–H groups in total. The molecule has 72 valence electrons. The molecule has 0 aromatic heterocycles. The van der Waals surface area contributed by atoms with E-state index in [1.54, 1.807) is 0 Å². The van der Waals surface area contributed by atoms with Crippen molar-refractivity contribution >= 4 is 0 Å². The van der Waals surface area contributed by atoms with Crippen molar-refractivity contribution in [3.8, 4) is 0 Å². The third kappa shape index (κ3) is 2.44. The van der Waals surface area contributed by atoms with Gasteiger partial charge in [-0.1, -0.05) is 0 Å². The normalized spacial score (nSPS) is 26.5. The molecular formula is C9H20N2O. The first kappa shape index (κ1) is 9.96. The van der Waals surface area contributed by atoms with Crippen molar-refractivity contribution in [3.05, 3.63) is 0 Å². The summed E-state index contributed by atoms with van der Waals surface area (Å²) in [5.74, 6) is 0. The Morgan fingerprint density at radius 2 is 2.33 bits per heavy atom. The zero-order valence-corrected chi connectivity index (χ0v) is 8.12. The lowest BCUT2D eigenvalue weighted by Gasteiger charge is -2.38. The molecule has 0 aromatic rings. The summed E-state index contributed by atoms with van der Waals surface area (Å²) in [6, 6.07) is 1.16. The molecule has 1 unspecified atom stereocenters. The Kier molecular flexibility index (Phi) is 3.98. The number of nitrogens with two attached hydrogens (primary N) is 1. The molecule has 0 amide bonds. The van der Waals surface area contributed by atoms with Gasteiger partial charge < -0.3 is 10.5 Å². The molecule has 1 saturated heterocycles. The van der Waals surface area contributed by atoms with Crippen molar-refractivity contribution in [1.82, 2.24) is 4.90 Å². The second-order valence-electron chi connectivity index (χ2n) is 3.64. The van der Waals surface area contributed by atoms with E-state index in [-0.39, 0.29) is 0 Å². The fraction of sp³-hybridized carbons (Fsp3) is 1.00. The molecule has 0 spiro atoms. The van der Waals surface area contributed by atoms with E-state index in [9.17, 15) is 0 Å². The Morgan fingerprint density at radius 3 is 2.92 bits per heavy atom. The number of hydrogen-bond acceptors (Lipinski definition) is 3. The van der Waals surface area contributed by atoms with Gasteiger partial charge in [0.2, 0.25) is 0 Å². The van der Waals surface area contributed by atoms with Crippen LogP contribution in [0.4, 0.5) is 0 Å². The average Bonchev–Trinajstić information content (AvgIpc) is 2.05. The van der Waals surface area contributed by atoms with Crippen LogP contribution >= 0.6 is 0 Å². The molecule has 3 nitrogen and oxygen atoms in total. The van der Waals surface area contributed by atoms with Crippen LogP contribution in [0.1, 0.15) is 20.3 Å². The number of morpholine rings is 1. The summed E-state index contributed by atoms with van der Waals surface area (Å²) in [6.45, 7) is 8.01. The third-order valence-corrected chi connectivity index (χ3v) is 2.44. The monoisotopic (exact) mass is 172 g/mol. The van der Waals surface area contributed by atoms with E-state index in [1.807, 2.05) is 0 Å². The molecule has 12 heavy (non-hydrogen) atoms. The summed E-state index contributed by atoms with van der Waals surface area (Å²) < 4.78 is 5.42. The minimum absolute atomic E-state index is 0.545. The van der Waals surface area contributed by atoms with E-state index in [1.165, 1.54) is 0 Å². The fourth-order valence-electron chi connectivity index (χ4n) is 1.79. The maximum absolute atomic E-state index is 5.54. The maximum Gasteiger partial charge on any atom is 0.0623 e. The third-order valence-electron chi connectivity index (χ3n) is 2.44. The summed E-state index contributed by atoms with van der Waals surface area (Å²) >= 11 is 0. The molecule has 1 aliphatic heterocycles. The van der Waals surface area contributed by atoms with Crippen LogP contribution in [-0.4, -0.2) is 43.3 Å². The van der Waals surface area contributed by atoms with Crippen LogP contribution in [0.2, 0.25) is 0 Å². The summed E-state index contributed by atoms with van der Waals surface area (Å²) in [5, 5.41) is 0. The second-order valence-corrected chi connectivity index (χ2v) is 3.64. The smallest absolute Gasteiger partial charge is 0.0623 e. The van der Waals surface area contributed by atoms with Gasteiger partial charge in [-0.25, -0.2) is 0 Å². The second kappa shape index (κ2) is 4.80. The molecule has 1 heterocycles. The van der Waals surface area contributed by atoms with Crippen LogP contribution in [0.15, 0.2) is 0 Å². The van der Waals surface area contributed by atoms with Crippen molar-refractivity contribution in [3.63, 3.8) is 0 Å². The Hall–Kier alpha value is -0.120. The van der Waals surface area contributed by atoms with Crippen molar-refractivity contribution < 1.29 is 4.74 Å². The molecule has 0 aromatic carbocycles. The zero-order chi connectivity index (χ0) is 8.97. The molecule has 1 atom stereocenters. The van der Waals surface area contributed by atoms with Gasteiger partial charge >= 0.3 is 0 Å². The molecule has 0 aliphatic carbocycles. The molecule has 0 bridgehead atoms. The van der Waals surface area contributed by atoms with E-state index < -0.39 is 0 Å². The maximum atomic E-state index is 5.54. The van der Waals surface area contributed by atoms with E-state index in [4.69, 9.17) is 10.5 Å². The quantitative estimate of drug-likeness (QED) is 0.671. The molecule has 0 saturated carbocycles. The fourth-order valence-corrected chi connectivity index (χ4v) is 1.79. The van der Waals surface area contributed by atoms with Gasteiger partial charge in [-0.2, -0.15) is 0 Å². The largest absolute Gasteiger partial charge is 0.378 e. The van der Waals surface area contributed by atoms with Crippen LogP contribution in [0.25, 0.3) is 0 Å². The van der Waals surface area contributed by atoms with Gasteiger partial charge in [0, 0.05) is 18.6 Å². The van der Waals surface area contributed by atoms with Crippen molar-refractivity contribution in [2.45, 2.75) is 32.4 Å². The highest BCUT2D eigenvalue weighted by Gasteiger charge is 2.23. The highest BCUT2D eigenvalue weighted by Crippen LogP contribution is 2.12. The molecule has 3 heteroatoms. The Labute approximate surface area is 74.9 Å². The highest BCUT2D eigenvalue weighted by molar-refractivity contribution is 4.77. The number of ether oxygens (including phenoxy) is 1. The molecule has 1 rings (SSSR count). The van der Waals surface area contributed by atoms with Crippen molar-refractivity contribution in [2.24, 2.45) is 5.73 Å². The predicted octanol–water partition coefficient (Wildman–Crippen LogP) is 0.444. The zero-order valence-electron chi connectivity index (χ0n) is 8.12. The van der Waals surface area contributed by atoms with Gasteiger partial charge in [-0.05, 0) is 26.8 Å². The van der Waals surface area contributed by atoms with Crippen LogP contribution in [0.5, 0.6) is 0 Å². The lowest BCUT2D eigenvalue weighted by molar-refractivity contribution is -0.0239. The van der Waals surface area contributed by atoms with Crippen LogP contribution in [0.3, 0.4) is 0 Å². The van der Waals surface area contributed by atoms with Gasteiger partial charge in [0.1, 0.15) is 0 Å². The topological polar surface area (TPSA) is 38.5 Å². The minimum atomic E-state index is 0.545. The van der Waals surface area contributed by atoms with E-state index in [0.29, 0.717) is 12.1 Å². The first-order valence-corrected chi connectivity index (χ1v) is 4.79. The first-order chi connectivity index (χ1) is 5.75. The Bertz CT molecular complexity index is 126. The van der Waals surface area contributed by atoms with Gasteiger partial charge in [-0.15, -0.1) is 0 Å². The number of rotatable bonds is 3. The number of hydrogen-bond donors (Lipinski definition) is 1. The molecule has 1 aliphatic rings. The SMILES string of the molecule is CC(C)N1CCOCC1CCN. The van der Waals surface area contributed by atoms with Crippen LogP contribution in [0, 0.1) is 0 Å². The minimum Gasteiger partial charge on any atom is -0.378 e. The molecule has 1 fully saturated rings.